The fraction of sp³-hybridized carbons (Fsp3) is 0.533. The van der Waals surface area contributed by atoms with Crippen molar-refractivity contribution in [1.29, 1.82) is 0 Å². The average molecular weight is 275 g/mol. The van der Waals surface area contributed by atoms with Gasteiger partial charge in [-0.05, 0) is 19.2 Å². The van der Waals surface area contributed by atoms with Gasteiger partial charge in [-0.15, -0.1) is 0 Å². The molecule has 1 fully saturated rings. The molecule has 0 amide bonds. The van der Waals surface area contributed by atoms with Crippen LogP contribution in [-0.2, 0) is 22.9 Å². The second-order valence-electron chi connectivity index (χ2n) is 5.16. The van der Waals surface area contributed by atoms with Crippen LogP contribution in [0.5, 0.6) is 0 Å². The van der Waals surface area contributed by atoms with Crippen LogP contribution in [0.15, 0.2) is 24.3 Å². The van der Waals surface area contributed by atoms with Gasteiger partial charge in [0.15, 0.2) is 0 Å². The van der Waals surface area contributed by atoms with Gasteiger partial charge >= 0.3 is 0 Å². The van der Waals surface area contributed by atoms with Crippen molar-refractivity contribution in [2.45, 2.75) is 18.6 Å². The molecule has 0 radical (unpaired) electrons. The van der Waals surface area contributed by atoms with Gasteiger partial charge in [-0.2, -0.15) is 0 Å². The molecule has 0 aliphatic carbocycles. The summed E-state index contributed by atoms with van der Waals surface area (Å²) in [6, 6.07) is 8.42. The van der Waals surface area contributed by atoms with E-state index in [2.05, 4.69) is 23.0 Å². The van der Waals surface area contributed by atoms with E-state index in [-0.39, 0.29) is 12.1 Å². The molecule has 3 rings (SSSR count). The first-order chi connectivity index (χ1) is 9.79. The minimum atomic E-state index is 0.0913. The molecule has 0 spiro atoms. The molecule has 1 aromatic carbocycles. The van der Waals surface area contributed by atoms with Crippen molar-refractivity contribution < 1.29 is 9.47 Å². The van der Waals surface area contributed by atoms with E-state index in [0.29, 0.717) is 19.8 Å². The molecule has 2 unspecified atom stereocenters. The van der Waals surface area contributed by atoms with Crippen molar-refractivity contribution in [1.82, 2.24) is 14.9 Å². The molecular formula is C15H21N3O2. The van der Waals surface area contributed by atoms with E-state index in [1.54, 1.807) is 0 Å². The molecule has 2 atom stereocenters. The van der Waals surface area contributed by atoms with Crippen LogP contribution >= 0.6 is 0 Å². The number of rotatable bonds is 4. The highest BCUT2D eigenvalue weighted by atomic mass is 16.6. The summed E-state index contributed by atoms with van der Waals surface area (Å²) < 4.78 is 13.4. The molecule has 1 saturated heterocycles. The van der Waals surface area contributed by atoms with Crippen molar-refractivity contribution in [3.63, 3.8) is 0 Å². The minimum absolute atomic E-state index is 0.0913. The number of para-hydroxylation sites is 2. The Hall–Kier alpha value is -1.43. The van der Waals surface area contributed by atoms with E-state index in [9.17, 15) is 0 Å². The predicted octanol–water partition coefficient (Wildman–Crippen LogP) is 1.12. The number of hydrogen-bond donors (Lipinski definition) is 1. The van der Waals surface area contributed by atoms with E-state index in [1.165, 1.54) is 0 Å². The van der Waals surface area contributed by atoms with Crippen LogP contribution < -0.4 is 5.32 Å². The van der Waals surface area contributed by atoms with Crippen molar-refractivity contribution in [2.75, 3.05) is 26.9 Å². The lowest BCUT2D eigenvalue weighted by molar-refractivity contribution is -0.101. The number of aryl methyl sites for hydroxylation is 1. The van der Waals surface area contributed by atoms with E-state index in [1.807, 2.05) is 25.2 Å². The summed E-state index contributed by atoms with van der Waals surface area (Å²) >= 11 is 0. The maximum atomic E-state index is 5.79. The molecule has 5 nitrogen and oxygen atoms in total. The molecule has 20 heavy (non-hydrogen) atoms. The Morgan fingerprint density at radius 2 is 2.25 bits per heavy atom. The summed E-state index contributed by atoms with van der Waals surface area (Å²) in [5.41, 5.74) is 2.21. The zero-order valence-corrected chi connectivity index (χ0v) is 12.0. The normalized spacial score (nSPS) is 21.2. The van der Waals surface area contributed by atoms with Gasteiger partial charge in [0.05, 0.1) is 37.0 Å². The Morgan fingerprint density at radius 3 is 2.95 bits per heavy atom. The lowest BCUT2D eigenvalue weighted by Gasteiger charge is -2.30. The number of imidazole rings is 1. The quantitative estimate of drug-likeness (QED) is 0.908. The van der Waals surface area contributed by atoms with E-state index < -0.39 is 0 Å². The number of likely N-dealkylation sites (N-methyl/N-ethyl adjacent to an activating group) is 1. The number of nitrogens with zero attached hydrogens (tertiary/aromatic N) is 2. The summed E-state index contributed by atoms with van der Waals surface area (Å²) in [4.78, 5) is 4.72. The number of aromatic nitrogens is 2. The first-order valence-electron chi connectivity index (χ1n) is 7.06. The molecule has 0 bridgehead atoms. The summed E-state index contributed by atoms with van der Waals surface area (Å²) in [5, 5.41) is 3.33. The SMILES string of the molecule is CNC(Cc1nc2ccccc2n1C)C1COCCO1. The van der Waals surface area contributed by atoms with Gasteiger partial charge in [-0.1, -0.05) is 12.1 Å². The molecular weight excluding hydrogens is 254 g/mol. The number of ether oxygens (including phenoxy) is 2. The average Bonchev–Trinajstić information content (AvgIpc) is 2.82. The molecule has 1 aliphatic rings. The van der Waals surface area contributed by atoms with E-state index in [0.717, 1.165) is 23.3 Å². The summed E-state index contributed by atoms with van der Waals surface area (Å²) in [6.07, 6.45) is 0.920. The van der Waals surface area contributed by atoms with Crippen molar-refractivity contribution >= 4 is 11.0 Å². The van der Waals surface area contributed by atoms with Gasteiger partial charge in [0, 0.05) is 19.5 Å². The van der Waals surface area contributed by atoms with Gasteiger partial charge in [0.25, 0.3) is 0 Å². The zero-order chi connectivity index (χ0) is 13.9. The number of nitrogens with one attached hydrogen (secondary N) is 1. The topological polar surface area (TPSA) is 48.3 Å². The molecule has 1 aliphatic heterocycles. The van der Waals surface area contributed by atoms with Crippen molar-refractivity contribution in [3.8, 4) is 0 Å². The highest BCUT2D eigenvalue weighted by Crippen LogP contribution is 2.17. The lowest BCUT2D eigenvalue weighted by Crippen LogP contribution is -2.46. The molecule has 1 N–H and O–H groups in total. The van der Waals surface area contributed by atoms with Crippen LogP contribution in [0.2, 0.25) is 0 Å². The first-order valence-corrected chi connectivity index (χ1v) is 7.06. The van der Waals surface area contributed by atoms with Crippen LogP contribution in [0.4, 0.5) is 0 Å². The third-order valence-corrected chi connectivity index (χ3v) is 3.94. The number of hydrogen-bond acceptors (Lipinski definition) is 4. The molecule has 1 aromatic heterocycles. The Balaban J connectivity index is 1.81. The fourth-order valence-corrected chi connectivity index (χ4v) is 2.73. The predicted molar refractivity (Wildman–Crippen MR) is 77.8 cm³/mol. The second kappa shape index (κ2) is 5.91. The molecule has 2 heterocycles. The summed E-state index contributed by atoms with van der Waals surface area (Å²) in [6.45, 7) is 2.01. The highest BCUT2D eigenvalue weighted by Gasteiger charge is 2.25. The smallest absolute Gasteiger partial charge is 0.111 e. The maximum Gasteiger partial charge on any atom is 0.111 e. The third-order valence-electron chi connectivity index (χ3n) is 3.94. The zero-order valence-electron chi connectivity index (χ0n) is 12.0. The van der Waals surface area contributed by atoms with Gasteiger partial charge in [0.2, 0.25) is 0 Å². The monoisotopic (exact) mass is 275 g/mol. The standard InChI is InChI=1S/C15H21N3O2/c1-16-12(14-10-19-7-8-20-14)9-15-17-11-5-3-4-6-13(11)18(15)2/h3-6,12,14,16H,7-10H2,1-2H3. The third kappa shape index (κ3) is 2.57. The van der Waals surface area contributed by atoms with Crippen LogP contribution in [0.25, 0.3) is 11.0 Å². The Kier molecular flexibility index (Phi) is 4.00. The van der Waals surface area contributed by atoms with Gasteiger partial charge in [0.1, 0.15) is 5.82 Å². The largest absolute Gasteiger partial charge is 0.376 e. The molecule has 0 saturated carbocycles. The highest BCUT2D eigenvalue weighted by molar-refractivity contribution is 5.75. The second-order valence-corrected chi connectivity index (χ2v) is 5.16. The minimum Gasteiger partial charge on any atom is -0.376 e. The molecule has 108 valence electrons. The van der Waals surface area contributed by atoms with Crippen LogP contribution in [0.1, 0.15) is 5.82 Å². The molecule has 2 aromatic rings. The van der Waals surface area contributed by atoms with Crippen molar-refractivity contribution in [2.24, 2.45) is 7.05 Å². The van der Waals surface area contributed by atoms with Gasteiger partial charge < -0.3 is 19.4 Å². The number of fused-ring (bicyclic) bond motifs is 1. The Labute approximate surface area is 118 Å². The van der Waals surface area contributed by atoms with Crippen LogP contribution in [-0.4, -0.2) is 48.6 Å². The lowest BCUT2D eigenvalue weighted by atomic mass is 10.1. The first kappa shape index (κ1) is 13.5. The van der Waals surface area contributed by atoms with Crippen molar-refractivity contribution in [3.05, 3.63) is 30.1 Å². The number of benzene rings is 1. The Morgan fingerprint density at radius 1 is 1.40 bits per heavy atom. The van der Waals surface area contributed by atoms with Crippen LogP contribution in [0.3, 0.4) is 0 Å². The van der Waals surface area contributed by atoms with Gasteiger partial charge in [-0.25, -0.2) is 4.98 Å². The van der Waals surface area contributed by atoms with E-state index >= 15 is 0 Å². The Bertz CT molecular complexity index is 576. The maximum absolute atomic E-state index is 5.79. The molecule has 5 heteroatoms. The van der Waals surface area contributed by atoms with E-state index in [4.69, 9.17) is 14.5 Å². The van der Waals surface area contributed by atoms with Crippen LogP contribution in [0, 0.1) is 0 Å². The fourth-order valence-electron chi connectivity index (χ4n) is 2.73. The summed E-state index contributed by atoms with van der Waals surface area (Å²) in [5.74, 6) is 1.07. The van der Waals surface area contributed by atoms with Gasteiger partial charge in [-0.3, -0.25) is 0 Å². The summed E-state index contributed by atoms with van der Waals surface area (Å²) in [7, 11) is 4.03.